The van der Waals surface area contributed by atoms with Crippen LogP contribution < -0.4 is 5.73 Å². The number of nitrogen functional groups attached to an aromatic ring is 1. The van der Waals surface area contributed by atoms with Gasteiger partial charge in [0.15, 0.2) is 0 Å². The lowest BCUT2D eigenvalue weighted by molar-refractivity contribution is -0.387. The Balaban J connectivity index is 0.000000142. The van der Waals surface area contributed by atoms with Gasteiger partial charge in [-0.2, -0.15) is 9.07 Å². The second-order valence-electron chi connectivity index (χ2n) is 8.11. The van der Waals surface area contributed by atoms with Crippen LogP contribution in [0.2, 0.25) is 0 Å². The van der Waals surface area contributed by atoms with Crippen LogP contribution in [-0.4, -0.2) is 45.3 Å². The van der Waals surface area contributed by atoms with Gasteiger partial charge >= 0.3 is 5.69 Å². The molecule has 0 bridgehead atoms. The minimum absolute atomic E-state index is 0.120. The van der Waals surface area contributed by atoms with Gasteiger partial charge in [0.1, 0.15) is 18.5 Å². The number of rotatable bonds is 5. The van der Waals surface area contributed by atoms with Crippen molar-refractivity contribution in [3.05, 3.63) is 69.8 Å². The smallest absolute Gasteiger partial charge is 0.306 e. The van der Waals surface area contributed by atoms with Gasteiger partial charge in [0.2, 0.25) is 5.82 Å². The summed E-state index contributed by atoms with van der Waals surface area (Å²) in [5.41, 5.74) is 8.00. The number of nitro groups is 1. The number of nitrogens with two attached hydrogens (primary N) is 1. The minimum atomic E-state index is -0.821. The van der Waals surface area contributed by atoms with Crippen LogP contribution >= 0.6 is 0 Å². The number of aromatic nitrogens is 8. The molecule has 6 rings (SSSR count). The Labute approximate surface area is 190 Å². The van der Waals surface area contributed by atoms with Gasteiger partial charge in [0.05, 0.1) is 22.0 Å². The van der Waals surface area contributed by atoms with E-state index in [1.165, 1.54) is 40.2 Å². The highest BCUT2D eigenvalue weighted by Crippen LogP contribution is 2.44. The fourth-order valence-electron chi connectivity index (χ4n) is 3.68. The van der Waals surface area contributed by atoms with Crippen molar-refractivity contribution in [2.24, 2.45) is 0 Å². The maximum Gasteiger partial charge on any atom is 0.306 e. The summed E-state index contributed by atoms with van der Waals surface area (Å²) in [5, 5.41) is 32.4. The fraction of sp³-hybridized carbons (Fsp3) is 0.300. The van der Waals surface area contributed by atoms with Crippen molar-refractivity contribution >= 4 is 11.4 Å². The van der Waals surface area contributed by atoms with E-state index in [1.807, 2.05) is 0 Å². The summed E-state index contributed by atoms with van der Waals surface area (Å²) in [4.78, 5) is 9.99. The zero-order valence-corrected chi connectivity index (χ0v) is 17.6. The first kappa shape index (κ1) is 21.5. The summed E-state index contributed by atoms with van der Waals surface area (Å²) in [6.45, 7) is 0. The van der Waals surface area contributed by atoms with Crippen molar-refractivity contribution in [3.8, 4) is 11.4 Å². The molecule has 174 valence electrons. The zero-order valence-electron chi connectivity index (χ0n) is 17.6. The second kappa shape index (κ2) is 8.53. The van der Waals surface area contributed by atoms with Crippen LogP contribution in [0.3, 0.4) is 0 Å². The number of nitrogens with zero attached hydrogens (tertiary/aromatic N) is 9. The molecule has 2 heterocycles. The van der Waals surface area contributed by atoms with E-state index in [9.17, 15) is 18.9 Å². The molecule has 12 nitrogen and oxygen atoms in total. The molecule has 0 spiro atoms. The van der Waals surface area contributed by atoms with Crippen LogP contribution in [-0.2, 0) is 0 Å². The second-order valence-corrected chi connectivity index (χ2v) is 8.11. The number of tetrazole rings is 2. The Hall–Kier alpha value is -4.36. The first-order chi connectivity index (χ1) is 16.4. The molecule has 2 aromatic heterocycles. The van der Waals surface area contributed by atoms with Crippen molar-refractivity contribution in [2.75, 3.05) is 5.73 Å². The van der Waals surface area contributed by atoms with Gasteiger partial charge in [-0.05, 0) is 87.7 Å². The third kappa shape index (κ3) is 4.29. The van der Waals surface area contributed by atoms with E-state index in [0.717, 1.165) is 36.9 Å². The molecule has 2 aromatic carbocycles. The van der Waals surface area contributed by atoms with Crippen LogP contribution in [0.15, 0.2) is 36.9 Å². The molecule has 0 radical (unpaired) electrons. The molecule has 2 aliphatic rings. The van der Waals surface area contributed by atoms with Gasteiger partial charge in [-0.15, -0.1) is 10.2 Å². The standard InChI is InChI=1S/C10H8FN5O2.C10H10FN5/c11-8-3-7(6-1-2-6)9(4-10(8)16(17)18)15-5-12-13-14-15;11-8-3-7(6-1-2-6)10(4-9(8)12)16-5-13-14-15-16/h3-6H,1-2H2;3-6H,1-2,12H2. The number of hydrogen-bond donors (Lipinski definition) is 1. The number of benzene rings is 2. The molecule has 0 amide bonds. The maximum atomic E-state index is 13.6. The van der Waals surface area contributed by atoms with E-state index < -0.39 is 16.4 Å². The molecule has 0 aliphatic heterocycles. The van der Waals surface area contributed by atoms with Gasteiger partial charge in [-0.25, -0.2) is 9.07 Å². The Kier molecular flexibility index (Phi) is 5.39. The largest absolute Gasteiger partial charge is 0.396 e. The van der Waals surface area contributed by atoms with Crippen molar-refractivity contribution in [2.45, 2.75) is 37.5 Å². The molecular weight excluding hydrogens is 450 g/mol. The Morgan fingerprint density at radius 1 is 0.853 bits per heavy atom. The van der Waals surface area contributed by atoms with E-state index in [0.29, 0.717) is 17.2 Å². The molecule has 0 atom stereocenters. The van der Waals surface area contributed by atoms with Gasteiger partial charge in [0, 0.05) is 6.07 Å². The van der Waals surface area contributed by atoms with Crippen LogP contribution in [0.1, 0.15) is 48.6 Å². The van der Waals surface area contributed by atoms with E-state index in [4.69, 9.17) is 5.73 Å². The number of nitro benzene ring substituents is 1. The predicted molar refractivity (Wildman–Crippen MR) is 113 cm³/mol. The molecule has 2 fully saturated rings. The number of halogens is 2. The average molecular weight is 468 g/mol. The van der Waals surface area contributed by atoms with Crippen LogP contribution in [0.5, 0.6) is 0 Å². The van der Waals surface area contributed by atoms with E-state index >= 15 is 0 Å². The van der Waals surface area contributed by atoms with E-state index in [2.05, 4.69) is 31.1 Å². The van der Waals surface area contributed by atoms with Crippen molar-refractivity contribution in [3.63, 3.8) is 0 Å². The highest BCUT2D eigenvalue weighted by molar-refractivity contribution is 5.55. The molecule has 2 saturated carbocycles. The summed E-state index contributed by atoms with van der Waals surface area (Å²) >= 11 is 0. The van der Waals surface area contributed by atoms with Gasteiger partial charge < -0.3 is 5.73 Å². The van der Waals surface area contributed by atoms with Crippen LogP contribution in [0, 0.1) is 21.7 Å². The minimum Gasteiger partial charge on any atom is -0.396 e. The third-order valence-electron chi connectivity index (χ3n) is 5.66. The van der Waals surface area contributed by atoms with E-state index in [-0.39, 0.29) is 17.4 Å². The number of hydrogen-bond acceptors (Lipinski definition) is 9. The lowest BCUT2D eigenvalue weighted by Crippen LogP contribution is -2.03. The average Bonchev–Trinajstić information content (AvgIpc) is 3.73. The highest BCUT2D eigenvalue weighted by atomic mass is 19.1. The molecule has 4 aromatic rings. The summed E-state index contributed by atoms with van der Waals surface area (Å²) in [6, 6.07) is 5.47. The van der Waals surface area contributed by atoms with Crippen LogP contribution in [0.25, 0.3) is 11.4 Å². The summed E-state index contributed by atoms with van der Waals surface area (Å²) in [6.07, 6.45) is 6.89. The number of anilines is 1. The maximum absolute atomic E-state index is 13.6. The fourth-order valence-corrected chi connectivity index (χ4v) is 3.68. The van der Waals surface area contributed by atoms with Gasteiger partial charge in [-0.1, -0.05) is 0 Å². The SMILES string of the molecule is Nc1cc(-n2cnnn2)c(C2CC2)cc1F.O=[N+]([O-])c1cc(-n2cnnn2)c(C2CC2)cc1F. The highest BCUT2D eigenvalue weighted by Gasteiger charge is 2.31. The quantitative estimate of drug-likeness (QED) is 0.264. The van der Waals surface area contributed by atoms with Crippen molar-refractivity contribution < 1.29 is 13.7 Å². The van der Waals surface area contributed by atoms with Crippen LogP contribution in [0.4, 0.5) is 20.2 Å². The van der Waals surface area contributed by atoms with Crippen molar-refractivity contribution in [1.29, 1.82) is 0 Å². The molecule has 14 heteroatoms. The molecule has 34 heavy (non-hydrogen) atoms. The Morgan fingerprint density at radius 3 is 1.79 bits per heavy atom. The van der Waals surface area contributed by atoms with Gasteiger partial charge in [0.25, 0.3) is 0 Å². The molecule has 2 N–H and O–H groups in total. The first-order valence-electron chi connectivity index (χ1n) is 10.5. The molecule has 2 aliphatic carbocycles. The Morgan fingerprint density at radius 2 is 1.35 bits per heavy atom. The van der Waals surface area contributed by atoms with Crippen molar-refractivity contribution in [1.82, 2.24) is 40.4 Å². The predicted octanol–water partition coefficient (Wildman–Crippen LogP) is 2.85. The topological polar surface area (TPSA) is 156 Å². The summed E-state index contributed by atoms with van der Waals surface area (Å²) in [7, 11) is 0. The molecule has 0 unspecified atom stereocenters. The van der Waals surface area contributed by atoms with E-state index in [1.54, 1.807) is 6.07 Å². The molecular formula is C20H18F2N10O2. The third-order valence-corrected chi connectivity index (χ3v) is 5.66. The Bertz CT molecular complexity index is 1340. The molecule has 0 saturated heterocycles. The van der Waals surface area contributed by atoms with Gasteiger partial charge in [-0.3, -0.25) is 10.1 Å². The normalized spacial score (nSPS) is 15.0. The zero-order chi connectivity index (χ0) is 23.8. The summed E-state index contributed by atoms with van der Waals surface area (Å²) in [5.74, 6) is -0.550. The first-order valence-corrected chi connectivity index (χ1v) is 10.5. The monoisotopic (exact) mass is 468 g/mol. The lowest BCUT2D eigenvalue weighted by atomic mass is 10.1. The summed E-state index contributed by atoms with van der Waals surface area (Å²) < 4.78 is 29.8. The lowest BCUT2D eigenvalue weighted by Gasteiger charge is -2.09.